The normalized spacial score (nSPS) is 23.6. The van der Waals surface area contributed by atoms with E-state index in [1.807, 2.05) is 6.07 Å². The van der Waals surface area contributed by atoms with Crippen LogP contribution in [0.2, 0.25) is 5.02 Å². The Bertz CT molecular complexity index is 470. The van der Waals surface area contributed by atoms with Crippen LogP contribution >= 0.6 is 27.5 Å². The highest BCUT2D eigenvalue weighted by molar-refractivity contribution is 9.10. The summed E-state index contributed by atoms with van der Waals surface area (Å²) < 4.78 is 1.04. The summed E-state index contributed by atoms with van der Waals surface area (Å²) >= 11 is 9.85. The summed E-state index contributed by atoms with van der Waals surface area (Å²) in [4.78, 5) is 5.15. The van der Waals surface area contributed by atoms with Crippen molar-refractivity contribution < 1.29 is 0 Å². The Morgan fingerprint density at radius 3 is 2.50 bits per heavy atom. The molecular formula is C15H21BrClN3. The van der Waals surface area contributed by atoms with E-state index in [2.05, 4.69) is 50.1 Å². The minimum absolute atomic E-state index is 0.386. The van der Waals surface area contributed by atoms with E-state index >= 15 is 0 Å². The van der Waals surface area contributed by atoms with E-state index in [0.717, 1.165) is 41.7 Å². The zero-order valence-electron chi connectivity index (χ0n) is 11.8. The number of benzene rings is 1. The van der Waals surface area contributed by atoms with Gasteiger partial charge < -0.3 is 5.32 Å². The predicted molar refractivity (Wildman–Crippen MR) is 87.4 cm³/mol. The number of nitrogens with zero attached hydrogens (tertiary/aromatic N) is 2. The molecule has 2 aliphatic heterocycles. The zero-order valence-corrected chi connectivity index (χ0v) is 14.1. The first-order chi connectivity index (χ1) is 9.65. The van der Waals surface area contributed by atoms with E-state index in [-0.39, 0.29) is 0 Å². The summed E-state index contributed by atoms with van der Waals surface area (Å²) in [5.41, 5.74) is 1.23. The standard InChI is InChI=1S/C15H21BrClN3/c1-11(14-3-2-12(16)8-15(14)17)19-4-6-20(7-5-19)13-9-18-10-13/h2-3,8,11,13,18H,4-7,9-10H2,1H3. The molecule has 0 radical (unpaired) electrons. The Morgan fingerprint density at radius 1 is 1.25 bits per heavy atom. The lowest BCUT2D eigenvalue weighted by molar-refractivity contribution is 0.0552. The molecule has 0 aromatic heterocycles. The second-order valence-electron chi connectivity index (χ2n) is 5.73. The summed E-state index contributed by atoms with van der Waals surface area (Å²) in [6.45, 7) is 9.18. The maximum atomic E-state index is 6.38. The van der Waals surface area contributed by atoms with Gasteiger partial charge in [0.2, 0.25) is 0 Å². The molecule has 20 heavy (non-hydrogen) atoms. The molecule has 0 saturated carbocycles. The summed E-state index contributed by atoms with van der Waals surface area (Å²) in [6, 6.07) is 7.36. The van der Waals surface area contributed by atoms with E-state index < -0.39 is 0 Å². The molecule has 1 aromatic rings. The summed E-state index contributed by atoms with van der Waals surface area (Å²) in [7, 11) is 0. The molecule has 2 heterocycles. The number of nitrogens with one attached hydrogen (secondary N) is 1. The summed E-state index contributed by atoms with van der Waals surface area (Å²) in [6.07, 6.45) is 0. The lowest BCUT2D eigenvalue weighted by Crippen LogP contribution is -2.61. The van der Waals surface area contributed by atoms with Gasteiger partial charge in [-0.2, -0.15) is 0 Å². The molecular weight excluding hydrogens is 338 g/mol. The average molecular weight is 359 g/mol. The number of halogens is 2. The molecule has 1 N–H and O–H groups in total. The van der Waals surface area contributed by atoms with Crippen LogP contribution in [0.3, 0.4) is 0 Å². The minimum atomic E-state index is 0.386. The van der Waals surface area contributed by atoms with Crippen LogP contribution in [0.5, 0.6) is 0 Å². The van der Waals surface area contributed by atoms with Crippen LogP contribution in [0.1, 0.15) is 18.5 Å². The van der Waals surface area contributed by atoms with Gasteiger partial charge >= 0.3 is 0 Å². The highest BCUT2D eigenvalue weighted by atomic mass is 79.9. The third-order valence-electron chi connectivity index (χ3n) is 4.59. The first-order valence-electron chi connectivity index (χ1n) is 7.29. The van der Waals surface area contributed by atoms with Gasteiger partial charge in [0.1, 0.15) is 0 Å². The minimum Gasteiger partial charge on any atom is -0.314 e. The van der Waals surface area contributed by atoms with E-state index in [0.29, 0.717) is 6.04 Å². The average Bonchev–Trinajstić information content (AvgIpc) is 2.37. The van der Waals surface area contributed by atoms with Crippen LogP contribution in [-0.2, 0) is 0 Å². The van der Waals surface area contributed by atoms with Gasteiger partial charge in [0.15, 0.2) is 0 Å². The van der Waals surface area contributed by atoms with Gasteiger partial charge in [0.05, 0.1) is 0 Å². The fourth-order valence-electron chi connectivity index (χ4n) is 3.06. The van der Waals surface area contributed by atoms with Crippen LogP contribution in [0, 0.1) is 0 Å². The second kappa shape index (κ2) is 6.32. The Labute approximate surface area is 134 Å². The van der Waals surface area contributed by atoms with Gasteiger partial charge in [-0.15, -0.1) is 0 Å². The molecule has 110 valence electrons. The molecule has 1 aromatic carbocycles. The highest BCUT2D eigenvalue weighted by Gasteiger charge is 2.29. The molecule has 3 nitrogen and oxygen atoms in total. The fraction of sp³-hybridized carbons (Fsp3) is 0.600. The highest BCUT2D eigenvalue weighted by Crippen LogP contribution is 2.30. The number of rotatable bonds is 3. The number of piperazine rings is 1. The first kappa shape index (κ1) is 14.8. The van der Waals surface area contributed by atoms with E-state index in [1.54, 1.807) is 0 Å². The van der Waals surface area contributed by atoms with Crippen LogP contribution in [-0.4, -0.2) is 55.1 Å². The Hall–Kier alpha value is -0.130. The summed E-state index contributed by atoms with van der Waals surface area (Å²) in [5, 5.41) is 4.21. The van der Waals surface area contributed by atoms with Crippen molar-refractivity contribution in [3.63, 3.8) is 0 Å². The van der Waals surface area contributed by atoms with Crippen molar-refractivity contribution in [1.82, 2.24) is 15.1 Å². The molecule has 0 amide bonds. The van der Waals surface area contributed by atoms with Crippen molar-refractivity contribution in [2.45, 2.75) is 19.0 Å². The Balaban J connectivity index is 1.62. The summed E-state index contributed by atoms with van der Waals surface area (Å²) in [5.74, 6) is 0. The second-order valence-corrected chi connectivity index (χ2v) is 7.05. The van der Waals surface area contributed by atoms with E-state index in [4.69, 9.17) is 11.6 Å². The van der Waals surface area contributed by atoms with Crippen molar-refractivity contribution in [1.29, 1.82) is 0 Å². The first-order valence-corrected chi connectivity index (χ1v) is 8.46. The maximum absolute atomic E-state index is 6.38. The van der Waals surface area contributed by atoms with Gasteiger partial charge in [0, 0.05) is 60.8 Å². The van der Waals surface area contributed by atoms with Gasteiger partial charge in [-0.05, 0) is 24.6 Å². The van der Waals surface area contributed by atoms with Crippen molar-refractivity contribution in [2.24, 2.45) is 0 Å². The molecule has 5 heteroatoms. The molecule has 1 atom stereocenters. The number of hydrogen-bond donors (Lipinski definition) is 1. The molecule has 0 bridgehead atoms. The van der Waals surface area contributed by atoms with Gasteiger partial charge in [-0.1, -0.05) is 33.6 Å². The monoisotopic (exact) mass is 357 g/mol. The quantitative estimate of drug-likeness (QED) is 0.896. The lowest BCUT2D eigenvalue weighted by Gasteiger charge is -2.44. The predicted octanol–water partition coefficient (Wildman–Crippen LogP) is 2.75. The Kier molecular flexibility index (Phi) is 4.68. The van der Waals surface area contributed by atoms with E-state index in [9.17, 15) is 0 Å². The van der Waals surface area contributed by atoms with Gasteiger partial charge in [-0.25, -0.2) is 0 Å². The van der Waals surface area contributed by atoms with E-state index in [1.165, 1.54) is 18.7 Å². The molecule has 0 aliphatic carbocycles. The molecule has 2 saturated heterocycles. The SMILES string of the molecule is CC(c1ccc(Br)cc1Cl)N1CCN(C2CNC2)CC1. The van der Waals surface area contributed by atoms with Crippen LogP contribution in [0.4, 0.5) is 0 Å². The van der Waals surface area contributed by atoms with Crippen molar-refractivity contribution in [2.75, 3.05) is 39.3 Å². The molecule has 2 fully saturated rings. The zero-order chi connectivity index (χ0) is 14.1. The third-order valence-corrected chi connectivity index (χ3v) is 5.41. The molecule has 1 unspecified atom stereocenters. The maximum Gasteiger partial charge on any atom is 0.0464 e. The van der Waals surface area contributed by atoms with Gasteiger partial charge in [0.25, 0.3) is 0 Å². The smallest absolute Gasteiger partial charge is 0.0464 e. The largest absolute Gasteiger partial charge is 0.314 e. The van der Waals surface area contributed by atoms with Gasteiger partial charge in [-0.3, -0.25) is 9.80 Å². The third kappa shape index (κ3) is 3.04. The van der Waals surface area contributed by atoms with Crippen LogP contribution < -0.4 is 5.32 Å². The van der Waals surface area contributed by atoms with Crippen molar-refractivity contribution in [3.8, 4) is 0 Å². The topological polar surface area (TPSA) is 18.5 Å². The van der Waals surface area contributed by atoms with Crippen LogP contribution in [0.25, 0.3) is 0 Å². The molecule has 3 rings (SSSR count). The number of hydrogen-bond acceptors (Lipinski definition) is 3. The van der Waals surface area contributed by atoms with Crippen molar-refractivity contribution in [3.05, 3.63) is 33.3 Å². The Morgan fingerprint density at radius 2 is 1.95 bits per heavy atom. The fourth-order valence-corrected chi connectivity index (χ4v) is 3.89. The van der Waals surface area contributed by atoms with Crippen molar-refractivity contribution >= 4 is 27.5 Å². The van der Waals surface area contributed by atoms with Crippen LogP contribution in [0.15, 0.2) is 22.7 Å². The molecule has 2 aliphatic rings. The lowest BCUT2D eigenvalue weighted by atomic mass is 10.0. The molecule has 0 spiro atoms.